The molecule has 0 saturated carbocycles. The monoisotopic (exact) mass is 263 g/mol. The Morgan fingerprint density at radius 1 is 1.44 bits per heavy atom. The highest BCUT2D eigenvalue weighted by Crippen LogP contribution is 2.31. The van der Waals surface area contributed by atoms with Crippen molar-refractivity contribution in [3.8, 4) is 17.3 Å². The van der Waals surface area contributed by atoms with E-state index in [4.69, 9.17) is 16.9 Å². The Morgan fingerprint density at radius 2 is 2.17 bits per heavy atom. The van der Waals surface area contributed by atoms with E-state index >= 15 is 0 Å². The van der Waals surface area contributed by atoms with Gasteiger partial charge in [-0.2, -0.15) is 10.4 Å². The van der Waals surface area contributed by atoms with Gasteiger partial charge in [0.2, 0.25) is 0 Å². The van der Waals surface area contributed by atoms with Gasteiger partial charge in [0.1, 0.15) is 17.6 Å². The van der Waals surface area contributed by atoms with Crippen molar-refractivity contribution < 1.29 is 4.39 Å². The highest BCUT2D eigenvalue weighted by Gasteiger charge is 2.18. The van der Waals surface area contributed by atoms with Crippen molar-refractivity contribution in [2.24, 2.45) is 0 Å². The molecule has 1 heterocycles. The predicted molar refractivity (Wildman–Crippen MR) is 67.7 cm³/mol. The van der Waals surface area contributed by atoms with E-state index in [2.05, 4.69) is 5.10 Å². The smallest absolute Gasteiger partial charge is 0.134 e. The van der Waals surface area contributed by atoms with Gasteiger partial charge in [-0.3, -0.25) is 4.68 Å². The number of aromatic nitrogens is 2. The van der Waals surface area contributed by atoms with E-state index in [0.29, 0.717) is 5.56 Å². The molecule has 0 aliphatic heterocycles. The largest absolute Gasteiger partial charge is 0.268 e. The molecular weight excluding hydrogens is 253 g/mol. The number of benzene rings is 1. The molecule has 18 heavy (non-hydrogen) atoms. The number of nitrogens with zero attached hydrogens (tertiary/aromatic N) is 3. The molecule has 0 atom stereocenters. The molecule has 1 aromatic heterocycles. The molecule has 0 saturated heterocycles. The van der Waals surface area contributed by atoms with Crippen molar-refractivity contribution in [3.63, 3.8) is 0 Å². The highest BCUT2D eigenvalue weighted by molar-refractivity contribution is 6.33. The van der Waals surface area contributed by atoms with Crippen LogP contribution in [-0.4, -0.2) is 9.78 Å². The summed E-state index contributed by atoms with van der Waals surface area (Å²) in [6.07, 6.45) is 1.60. The maximum Gasteiger partial charge on any atom is 0.134 e. The van der Waals surface area contributed by atoms with E-state index < -0.39 is 5.82 Å². The summed E-state index contributed by atoms with van der Waals surface area (Å²) in [4.78, 5) is 0. The molecule has 0 radical (unpaired) electrons. The number of hydrogen-bond acceptors (Lipinski definition) is 2. The fourth-order valence-corrected chi connectivity index (χ4v) is 1.90. The zero-order chi connectivity index (χ0) is 13.3. The molecule has 3 nitrogen and oxygen atoms in total. The fourth-order valence-electron chi connectivity index (χ4n) is 1.65. The fraction of sp³-hybridized carbons (Fsp3) is 0.231. The van der Waals surface area contributed by atoms with Crippen LogP contribution in [0, 0.1) is 17.1 Å². The lowest BCUT2D eigenvalue weighted by atomic mass is 10.1. The van der Waals surface area contributed by atoms with E-state index in [1.54, 1.807) is 16.9 Å². The van der Waals surface area contributed by atoms with Crippen LogP contribution in [0.3, 0.4) is 0 Å². The van der Waals surface area contributed by atoms with E-state index in [0.717, 1.165) is 0 Å². The minimum Gasteiger partial charge on any atom is -0.268 e. The molecule has 1 aromatic carbocycles. The second kappa shape index (κ2) is 4.79. The maximum absolute atomic E-state index is 13.8. The van der Waals surface area contributed by atoms with Crippen molar-refractivity contribution in [1.82, 2.24) is 9.78 Å². The van der Waals surface area contributed by atoms with Crippen LogP contribution in [0.2, 0.25) is 5.02 Å². The third-order valence-electron chi connectivity index (χ3n) is 2.58. The molecule has 92 valence electrons. The first-order valence-corrected chi connectivity index (χ1v) is 5.86. The first kappa shape index (κ1) is 12.6. The predicted octanol–water partition coefficient (Wildman–Crippen LogP) is 3.80. The van der Waals surface area contributed by atoms with Crippen LogP contribution in [0.5, 0.6) is 0 Å². The Bertz CT molecular complexity index is 605. The summed E-state index contributed by atoms with van der Waals surface area (Å²) < 4.78 is 15.4. The number of rotatable bonds is 2. The lowest BCUT2D eigenvalue weighted by Gasteiger charge is -2.05. The first-order valence-electron chi connectivity index (χ1n) is 5.48. The molecule has 2 aromatic rings. The van der Waals surface area contributed by atoms with Crippen LogP contribution in [0.1, 0.15) is 25.5 Å². The van der Waals surface area contributed by atoms with Crippen LogP contribution in [-0.2, 0) is 0 Å². The SMILES string of the molecule is CC(C)n1cc(C#N)c(-c2c(F)cccc2Cl)n1. The van der Waals surface area contributed by atoms with Gasteiger partial charge in [0, 0.05) is 12.2 Å². The molecule has 5 heteroatoms. The number of nitriles is 1. The highest BCUT2D eigenvalue weighted by atomic mass is 35.5. The number of halogens is 2. The molecular formula is C13H11ClFN3. The summed E-state index contributed by atoms with van der Waals surface area (Å²) in [6, 6.07) is 6.51. The second-order valence-corrected chi connectivity index (χ2v) is 4.58. The molecule has 0 N–H and O–H groups in total. The number of hydrogen-bond donors (Lipinski definition) is 0. The normalized spacial score (nSPS) is 10.7. The molecule has 0 amide bonds. The minimum absolute atomic E-state index is 0.0939. The Balaban J connectivity index is 2.68. The topological polar surface area (TPSA) is 41.6 Å². The van der Waals surface area contributed by atoms with Gasteiger partial charge in [-0.05, 0) is 26.0 Å². The lowest BCUT2D eigenvalue weighted by Crippen LogP contribution is -2.01. The van der Waals surface area contributed by atoms with Gasteiger partial charge in [-0.1, -0.05) is 17.7 Å². The van der Waals surface area contributed by atoms with Crippen molar-refractivity contribution in [2.45, 2.75) is 19.9 Å². The summed E-state index contributed by atoms with van der Waals surface area (Å²) in [5, 5.41) is 13.6. The second-order valence-electron chi connectivity index (χ2n) is 4.17. The van der Waals surface area contributed by atoms with Gasteiger partial charge < -0.3 is 0 Å². The molecule has 0 bridgehead atoms. The van der Waals surface area contributed by atoms with Crippen molar-refractivity contribution in [3.05, 3.63) is 40.8 Å². The summed E-state index contributed by atoms with van der Waals surface area (Å²) in [7, 11) is 0. The zero-order valence-electron chi connectivity index (χ0n) is 9.98. The summed E-state index contributed by atoms with van der Waals surface area (Å²) >= 11 is 5.98. The van der Waals surface area contributed by atoms with Gasteiger partial charge >= 0.3 is 0 Å². The van der Waals surface area contributed by atoms with Crippen LogP contribution in [0.25, 0.3) is 11.3 Å². The Hall–Kier alpha value is -1.86. The Morgan fingerprint density at radius 3 is 2.72 bits per heavy atom. The van der Waals surface area contributed by atoms with E-state index in [1.165, 1.54) is 12.1 Å². The lowest BCUT2D eigenvalue weighted by molar-refractivity contribution is 0.533. The van der Waals surface area contributed by atoms with Gasteiger partial charge in [-0.15, -0.1) is 0 Å². The standard InChI is InChI=1S/C13H11ClFN3/c1-8(2)18-7-9(6-16)13(17-18)12-10(14)4-3-5-11(12)15/h3-5,7-8H,1-2H3. The van der Waals surface area contributed by atoms with Gasteiger partial charge in [0.05, 0.1) is 16.1 Å². The van der Waals surface area contributed by atoms with Crippen molar-refractivity contribution >= 4 is 11.6 Å². The van der Waals surface area contributed by atoms with E-state index in [1.807, 2.05) is 19.9 Å². The Labute approximate surface area is 109 Å². The van der Waals surface area contributed by atoms with E-state index in [9.17, 15) is 4.39 Å². The average molecular weight is 264 g/mol. The molecule has 0 unspecified atom stereocenters. The maximum atomic E-state index is 13.8. The van der Waals surface area contributed by atoms with Gasteiger partial charge in [0.15, 0.2) is 0 Å². The first-order chi connectivity index (χ1) is 8.54. The van der Waals surface area contributed by atoms with Crippen LogP contribution < -0.4 is 0 Å². The molecule has 0 spiro atoms. The summed E-state index contributed by atoms with van der Waals surface area (Å²) in [6.45, 7) is 3.86. The van der Waals surface area contributed by atoms with E-state index in [-0.39, 0.29) is 22.3 Å². The van der Waals surface area contributed by atoms with Crippen molar-refractivity contribution in [1.29, 1.82) is 5.26 Å². The van der Waals surface area contributed by atoms with Gasteiger partial charge in [-0.25, -0.2) is 4.39 Å². The van der Waals surface area contributed by atoms with Crippen LogP contribution >= 0.6 is 11.6 Å². The van der Waals surface area contributed by atoms with Gasteiger partial charge in [0.25, 0.3) is 0 Å². The van der Waals surface area contributed by atoms with Crippen LogP contribution in [0.4, 0.5) is 4.39 Å². The third kappa shape index (κ3) is 2.09. The third-order valence-corrected chi connectivity index (χ3v) is 2.90. The molecule has 0 aliphatic rings. The van der Waals surface area contributed by atoms with Crippen LogP contribution in [0.15, 0.2) is 24.4 Å². The minimum atomic E-state index is -0.479. The summed E-state index contributed by atoms with van der Waals surface area (Å²) in [5.74, 6) is -0.479. The zero-order valence-corrected chi connectivity index (χ0v) is 10.7. The molecule has 0 fully saturated rings. The summed E-state index contributed by atoms with van der Waals surface area (Å²) in [5.41, 5.74) is 0.778. The molecule has 0 aliphatic carbocycles. The average Bonchev–Trinajstić information content (AvgIpc) is 2.73. The Kier molecular flexibility index (Phi) is 3.35. The molecule has 2 rings (SSSR count). The quantitative estimate of drug-likeness (QED) is 0.827. The van der Waals surface area contributed by atoms with Crippen molar-refractivity contribution in [2.75, 3.05) is 0 Å².